The summed E-state index contributed by atoms with van der Waals surface area (Å²) < 4.78 is 45.1. The number of amides is 1. The Morgan fingerprint density at radius 3 is 2.54 bits per heavy atom. The Morgan fingerprint density at radius 2 is 1.82 bits per heavy atom. The SMILES string of the molecule is O=C(C1=CN(c2ccc(F)c(Cl)c2)c2ccccc2S1(=O)=O)N1CCOCC1. The van der Waals surface area contributed by atoms with Gasteiger partial charge in [0.1, 0.15) is 5.82 Å². The van der Waals surface area contributed by atoms with Gasteiger partial charge in [-0.1, -0.05) is 23.7 Å². The average molecular weight is 423 g/mol. The first-order valence-electron chi connectivity index (χ1n) is 8.57. The molecule has 0 atom stereocenters. The first-order chi connectivity index (χ1) is 13.4. The zero-order chi connectivity index (χ0) is 19.9. The number of rotatable bonds is 2. The van der Waals surface area contributed by atoms with Crippen LogP contribution < -0.4 is 4.90 Å². The number of carbonyl (C=O) groups excluding carboxylic acids is 1. The minimum absolute atomic E-state index is 0.00885. The number of anilines is 2. The van der Waals surface area contributed by atoms with Crippen molar-refractivity contribution < 1.29 is 22.3 Å². The minimum Gasteiger partial charge on any atom is -0.378 e. The van der Waals surface area contributed by atoms with Crippen molar-refractivity contribution in [1.82, 2.24) is 4.90 Å². The fourth-order valence-electron chi connectivity index (χ4n) is 3.20. The second-order valence-electron chi connectivity index (χ2n) is 6.34. The standard InChI is InChI=1S/C19H16ClFN2O4S/c20-14-11-13(5-6-15(14)21)23-12-18(19(24)22-7-9-27-10-8-22)28(25,26)17-4-2-1-3-16(17)23/h1-6,11-12H,7-10H2. The first kappa shape index (κ1) is 18.9. The highest BCUT2D eigenvalue weighted by Crippen LogP contribution is 2.40. The molecule has 1 amide bonds. The van der Waals surface area contributed by atoms with Gasteiger partial charge in [0.2, 0.25) is 9.84 Å². The molecule has 0 unspecified atom stereocenters. The summed E-state index contributed by atoms with van der Waals surface area (Å²) in [5.74, 6) is -1.17. The van der Waals surface area contributed by atoms with E-state index >= 15 is 0 Å². The summed E-state index contributed by atoms with van der Waals surface area (Å²) in [4.78, 5) is 15.6. The number of nitrogens with zero attached hydrogens (tertiary/aromatic N) is 2. The molecule has 6 nitrogen and oxygen atoms in total. The summed E-state index contributed by atoms with van der Waals surface area (Å²) in [7, 11) is -4.01. The third-order valence-electron chi connectivity index (χ3n) is 4.64. The average Bonchev–Trinajstić information content (AvgIpc) is 2.71. The second kappa shape index (κ2) is 7.20. The van der Waals surface area contributed by atoms with Crippen molar-refractivity contribution in [2.75, 3.05) is 31.2 Å². The Kier molecular flexibility index (Phi) is 4.86. The largest absolute Gasteiger partial charge is 0.378 e. The Morgan fingerprint density at radius 1 is 1.11 bits per heavy atom. The van der Waals surface area contributed by atoms with Gasteiger partial charge in [-0.25, -0.2) is 12.8 Å². The summed E-state index contributed by atoms with van der Waals surface area (Å²) in [5, 5.41) is -0.0992. The molecule has 28 heavy (non-hydrogen) atoms. The van der Waals surface area contributed by atoms with Gasteiger partial charge in [0.25, 0.3) is 5.91 Å². The number of hydrogen-bond donors (Lipinski definition) is 0. The van der Waals surface area contributed by atoms with Crippen LogP contribution in [0.3, 0.4) is 0 Å². The molecule has 0 aliphatic carbocycles. The van der Waals surface area contributed by atoms with Gasteiger partial charge in [-0.05, 0) is 30.3 Å². The van der Waals surface area contributed by atoms with E-state index < -0.39 is 21.6 Å². The summed E-state index contributed by atoms with van der Waals surface area (Å²) in [5.41, 5.74) is 0.810. The number of carbonyl (C=O) groups is 1. The van der Waals surface area contributed by atoms with Crippen LogP contribution in [0.2, 0.25) is 5.02 Å². The molecule has 0 radical (unpaired) electrons. The quantitative estimate of drug-likeness (QED) is 0.744. The number of benzene rings is 2. The van der Waals surface area contributed by atoms with E-state index in [-0.39, 0.29) is 14.8 Å². The van der Waals surface area contributed by atoms with Gasteiger partial charge in [-0.2, -0.15) is 0 Å². The van der Waals surface area contributed by atoms with Crippen molar-refractivity contribution in [1.29, 1.82) is 0 Å². The maximum absolute atomic E-state index is 13.6. The Hall–Kier alpha value is -2.42. The molecule has 0 saturated carbocycles. The van der Waals surface area contributed by atoms with E-state index in [0.717, 1.165) is 0 Å². The third-order valence-corrected chi connectivity index (χ3v) is 6.71. The molecule has 4 rings (SSSR count). The van der Waals surface area contributed by atoms with Crippen molar-refractivity contribution in [3.8, 4) is 0 Å². The smallest absolute Gasteiger partial charge is 0.267 e. The highest BCUT2D eigenvalue weighted by molar-refractivity contribution is 7.96. The molecule has 2 aliphatic heterocycles. The van der Waals surface area contributed by atoms with E-state index in [4.69, 9.17) is 16.3 Å². The summed E-state index contributed by atoms with van der Waals surface area (Å²) in [6.07, 6.45) is 1.28. The zero-order valence-electron chi connectivity index (χ0n) is 14.6. The van der Waals surface area contributed by atoms with Gasteiger partial charge in [0.05, 0.1) is 28.8 Å². The Balaban J connectivity index is 1.86. The fourth-order valence-corrected chi connectivity index (χ4v) is 4.91. The maximum atomic E-state index is 13.6. The van der Waals surface area contributed by atoms with Gasteiger partial charge in [-0.3, -0.25) is 4.79 Å². The van der Waals surface area contributed by atoms with E-state index in [9.17, 15) is 17.6 Å². The van der Waals surface area contributed by atoms with Gasteiger partial charge >= 0.3 is 0 Å². The molecule has 2 heterocycles. The van der Waals surface area contributed by atoms with Gasteiger partial charge in [0.15, 0.2) is 4.91 Å². The summed E-state index contributed by atoms with van der Waals surface area (Å²) >= 11 is 5.91. The molecular formula is C19H16ClFN2O4S. The van der Waals surface area contributed by atoms with E-state index in [2.05, 4.69) is 0 Å². The van der Waals surface area contributed by atoms with Crippen molar-refractivity contribution in [3.05, 3.63) is 64.4 Å². The molecule has 2 aromatic carbocycles. The lowest BCUT2D eigenvalue weighted by atomic mass is 10.2. The maximum Gasteiger partial charge on any atom is 0.267 e. The van der Waals surface area contributed by atoms with E-state index in [1.54, 1.807) is 18.2 Å². The highest BCUT2D eigenvalue weighted by Gasteiger charge is 2.38. The molecule has 0 bridgehead atoms. The van der Waals surface area contributed by atoms with Crippen LogP contribution in [0.1, 0.15) is 0 Å². The lowest BCUT2D eigenvalue weighted by Gasteiger charge is -2.32. The molecule has 2 aromatic rings. The van der Waals surface area contributed by atoms with Gasteiger partial charge in [0, 0.05) is 25.0 Å². The molecule has 0 spiro atoms. The van der Waals surface area contributed by atoms with Crippen molar-refractivity contribution in [2.24, 2.45) is 0 Å². The lowest BCUT2D eigenvalue weighted by molar-refractivity contribution is -0.130. The fraction of sp³-hybridized carbons (Fsp3) is 0.211. The Labute approximate surface area is 166 Å². The summed E-state index contributed by atoms with van der Waals surface area (Å²) in [6.45, 7) is 1.34. The van der Waals surface area contributed by atoms with Gasteiger partial charge < -0.3 is 14.5 Å². The van der Waals surface area contributed by atoms with Crippen LogP contribution in [0.25, 0.3) is 0 Å². The van der Waals surface area contributed by atoms with E-state index in [0.29, 0.717) is 37.7 Å². The molecule has 146 valence electrons. The molecule has 2 aliphatic rings. The summed E-state index contributed by atoms with van der Waals surface area (Å²) in [6, 6.07) is 10.4. The number of halogens is 2. The highest BCUT2D eigenvalue weighted by atomic mass is 35.5. The Bertz CT molecular complexity index is 1080. The van der Waals surface area contributed by atoms with Crippen molar-refractivity contribution in [3.63, 3.8) is 0 Å². The van der Waals surface area contributed by atoms with E-state index in [1.165, 1.54) is 40.3 Å². The number of fused-ring (bicyclic) bond motifs is 1. The predicted molar refractivity (Wildman–Crippen MR) is 103 cm³/mol. The lowest BCUT2D eigenvalue weighted by Crippen LogP contribution is -2.43. The predicted octanol–water partition coefficient (Wildman–Crippen LogP) is 3.10. The van der Waals surface area contributed by atoms with Crippen LogP contribution in [0.15, 0.2) is 58.5 Å². The number of sulfone groups is 1. The molecule has 0 aromatic heterocycles. The van der Waals surface area contributed by atoms with Crippen molar-refractivity contribution in [2.45, 2.75) is 4.90 Å². The van der Waals surface area contributed by atoms with Crippen LogP contribution in [-0.2, 0) is 19.4 Å². The number of para-hydroxylation sites is 1. The zero-order valence-corrected chi connectivity index (χ0v) is 16.2. The van der Waals surface area contributed by atoms with Crippen LogP contribution in [0, 0.1) is 5.82 Å². The van der Waals surface area contributed by atoms with Crippen molar-refractivity contribution >= 4 is 38.7 Å². The first-order valence-corrected chi connectivity index (χ1v) is 10.4. The third kappa shape index (κ3) is 3.17. The van der Waals surface area contributed by atoms with E-state index in [1.807, 2.05) is 0 Å². The number of ether oxygens (including phenoxy) is 1. The van der Waals surface area contributed by atoms with Gasteiger partial charge in [-0.15, -0.1) is 0 Å². The molecule has 9 heteroatoms. The molecule has 1 fully saturated rings. The molecule has 1 saturated heterocycles. The van der Waals surface area contributed by atoms with Crippen LogP contribution in [-0.4, -0.2) is 45.5 Å². The topological polar surface area (TPSA) is 66.9 Å². The second-order valence-corrected chi connectivity index (χ2v) is 8.63. The normalized spacial score (nSPS) is 18.4. The number of morpholine rings is 1. The van der Waals surface area contributed by atoms with Crippen LogP contribution >= 0.6 is 11.6 Å². The number of hydrogen-bond acceptors (Lipinski definition) is 5. The molecule has 0 N–H and O–H groups in total. The monoisotopic (exact) mass is 422 g/mol. The molecular weight excluding hydrogens is 407 g/mol. The van der Waals surface area contributed by atoms with Crippen LogP contribution in [0.5, 0.6) is 0 Å². The van der Waals surface area contributed by atoms with Crippen LogP contribution in [0.4, 0.5) is 15.8 Å². The minimum atomic E-state index is -4.01.